The summed E-state index contributed by atoms with van der Waals surface area (Å²) in [7, 11) is 0. The van der Waals surface area contributed by atoms with Gasteiger partial charge in [-0.1, -0.05) is 11.8 Å². The van der Waals surface area contributed by atoms with Crippen molar-refractivity contribution in [1.82, 2.24) is 9.80 Å². The molecule has 23 heavy (non-hydrogen) atoms. The molecule has 6 nitrogen and oxygen atoms in total. The van der Waals surface area contributed by atoms with Crippen LogP contribution in [0.25, 0.3) is 0 Å². The molecule has 0 N–H and O–H groups in total. The van der Waals surface area contributed by atoms with Gasteiger partial charge in [0.05, 0.1) is 0 Å². The standard InChI is InChI=1S/C16H26N2O4S/c1-11(19)23-10-12-5-14(20)17(6-12)7-13-8-18(9-13)15(21)22-16(2,3)4/h12-13H,5-10H2,1-4H3. The van der Waals surface area contributed by atoms with Crippen molar-refractivity contribution in [2.45, 2.75) is 39.7 Å². The van der Waals surface area contributed by atoms with Crippen LogP contribution in [0.3, 0.4) is 0 Å². The summed E-state index contributed by atoms with van der Waals surface area (Å²) in [4.78, 5) is 38.5. The van der Waals surface area contributed by atoms with Crippen molar-refractivity contribution in [2.24, 2.45) is 11.8 Å². The van der Waals surface area contributed by atoms with Gasteiger partial charge in [0, 0.05) is 51.2 Å². The van der Waals surface area contributed by atoms with E-state index in [2.05, 4.69) is 0 Å². The molecule has 0 aliphatic carbocycles. The van der Waals surface area contributed by atoms with E-state index >= 15 is 0 Å². The Morgan fingerprint density at radius 1 is 1.22 bits per heavy atom. The highest BCUT2D eigenvalue weighted by molar-refractivity contribution is 8.13. The number of likely N-dealkylation sites (tertiary alicyclic amines) is 2. The lowest BCUT2D eigenvalue weighted by molar-refractivity contribution is -0.128. The third kappa shape index (κ3) is 5.41. The van der Waals surface area contributed by atoms with Gasteiger partial charge < -0.3 is 14.5 Å². The van der Waals surface area contributed by atoms with Crippen molar-refractivity contribution in [3.63, 3.8) is 0 Å². The predicted octanol–water partition coefficient (Wildman–Crippen LogP) is 1.98. The van der Waals surface area contributed by atoms with Crippen LogP contribution in [0.4, 0.5) is 4.79 Å². The molecule has 0 spiro atoms. The van der Waals surface area contributed by atoms with E-state index in [1.54, 1.807) is 11.8 Å². The maximum Gasteiger partial charge on any atom is 0.410 e. The summed E-state index contributed by atoms with van der Waals surface area (Å²) in [5.41, 5.74) is -0.477. The van der Waals surface area contributed by atoms with E-state index in [4.69, 9.17) is 4.74 Å². The smallest absolute Gasteiger partial charge is 0.410 e. The first-order chi connectivity index (χ1) is 10.6. The zero-order chi connectivity index (χ0) is 17.2. The number of hydrogen-bond donors (Lipinski definition) is 0. The van der Waals surface area contributed by atoms with Crippen LogP contribution in [0.5, 0.6) is 0 Å². The van der Waals surface area contributed by atoms with Crippen LogP contribution >= 0.6 is 11.8 Å². The van der Waals surface area contributed by atoms with Gasteiger partial charge in [0.15, 0.2) is 5.12 Å². The van der Waals surface area contributed by atoms with E-state index in [0.717, 1.165) is 6.54 Å². The molecule has 1 unspecified atom stereocenters. The lowest BCUT2D eigenvalue weighted by Crippen LogP contribution is -2.55. The van der Waals surface area contributed by atoms with Crippen molar-refractivity contribution in [3.8, 4) is 0 Å². The molecule has 0 aromatic heterocycles. The molecule has 0 radical (unpaired) electrons. The molecule has 7 heteroatoms. The third-order valence-corrected chi connectivity index (χ3v) is 4.95. The average molecular weight is 342 g/mol. The fourth-order valence-corrected chi connectivity index (χ4v) is 3.54. The normalized spacial score (nSPS) is 22.3. The summed E-state index contributed by atoms with van der Waals surface area (Å²) < 4.78 is 5.32. The molecule has 2 aliphatic rings. The highest BCUT2D eigenvalue weighted by Gasteiger charge is 2.37. The molecule has 2 saturated heterocycles. The third-order valence-electron chi connectivity index (χ3n) is 3.90. The largest absolute Gasteiger partial charge is 0.444 e. The van der Waals surface area contributed by atoms with Crippen molar-refractivity contribution in [3.05, 3.63) is 0 Å². The summed E-state index contributed by atoms with van der Waals surface area (Å²) >= 11 is 1.29. The molecule has 2 fully saturated rings. The Balaban J connectivity index is 1.70. The van der Waals surface area contributed by atoms with Gasteiger partial charge in [-0.15, -0.1) is 0 Å². The van der Waals surface area contributed by atoms with E-state index in [0.29, 0.717) is 37.7 Å². The van der Waals surface area contributed by atoms with E-state index in [1.807, 2.05) is 25.7 Å². The Bertz CT molecular complexity index is 483. The van der Waals surface area contributed by atoms with Gasteiger partial charge in [-0.05, 0) is 26.7 Å². The Morgan fingerprint density at radius 3 is 2.43 bits per heavy atom. The van der Waals surface area contributed by atoms with Crippen LogP contribution in [0.15, 0.2) is 0 Å². The second kappa shape index (κ2) is 7.11. The second-order valence-electron chi connectivity index (χ2n) is 7.42. The van der Waals surface area contributed by atoms with E-state index < -0.39 is 5.60 Å². The Kier molecular flexibility index (Phi) is 5.60. The zero-order valence-electron chi connectivity index (χ0n) is 14.3. The van der Waals surface area contributed by atoms with Gasteiger partial charge in [-0.25, -0.2) is 4.79 Å². The van der Waals surface area contributed by atoms with Crippen molar-refractivity contribution in [1.29, 1.82) is 0 Å². The summed E-state index contributed by atoms with van der Waals surface area (Å²) in [6, 6.07) is 0. The minimum atomic E-state index is -0.477. The highest BCUT2D eigenvalue weighted by atomic mass is 32.2. The van der Waals surface area contributed by atoms with Gasteiger partial charge in [0.2, 0.25) is 5.91 Å². The topological polar surface area (TPSA) is 66.9 Å². The molecular weight excluding hydrogens is 316 g/mol. The van der Waals surface area contributed by atoms with Crippen LogP contribution < -0.4 is 0 Å². The quantitative estimate of drug-likeness (QED) is 0.781. The average Bonchev–Trinajstić information content (AvgIpc) is 2.69. The number of ether oxygens (including phenoxy) is 1. The van der Waals surface area contributed by atoms with Gasteiger partial charge in [0.25, 0.3) is 0 Å². The van der Waals surface area contributed by atoms with Crippen molar-refractivity contribution < 1.29 is 19.1 Å². The number of thioether (sulfide) groups is 1. The first-order valence-electron chi connectivity index (χ1n) is 8.03. The lowest BCUT2D eigenvalue weighted by atomic mass is 10.0. The minimum Gasteiger partial charge on any atom is -0.444 e. The van der Waals surface area contributed by atoms with Crippen LogP contribution in [0, 0.1) is 11.8 Å². The molecule has 2 amide bonds. The van der Waals surface area contributed by atoms with Gasteiger partial charge in [-0.3, -0.25) is 9.59 Å². The van der Waals surface area contributed by atoms with E-state index in [-0.39, 0.29) is 23.0 Å². The molecule has 130 valence electrons. The summed E-state index contributed by atoms with van der Waals surface area (Å²) in [6.07, 6.45) is 0.250. The Labute approximate surface area is 141 Å². The maximum atomic E-state index is 12.0. The number of rotatable bonds is 4. The SMILES string of the molecule is CC(=O)SCC1CC(=O)N(CC2CN(C(=O)OC(C)(C)C)C2)C1. The molecule has 2 rings (SSSR count). The predicted molar refractivity (Wildman–Crippen MR) is 89.1 cm³/mol. The molecule has 1 atom stereocenters. The monoisotopic (exact) mass is 342 g/mol. The van der Waals surface area contributed by atoms with E-state index in [9.17, 15) is 14.4 Å². The summed E-state index contributed by atoms with van der Waals surface area (Å²) in [6.45, 7) is 9.82. The highest BCUT2D eigenvalue weighted by Crippen LogP contribution is 2.26. The zero-order valence-corrected chi connectivity index (χ0v) is 15.1. The first kappa shape index (κ1) is 18.1. The van der Waals surface area contributed by atoms with Gasteiger partial charge in [-0.2, -0.15) is 0 Å². The molecule has 0 bridgehead atoms. The van der Waals surface area contributed by atoms with Crippen molar-refractivity contribution >= 4 is 28.9 Å². The fraction of sp³-hybridized carbons (Fsp3) is 0.812. The van der Waals surface area contributed by atoms with Gasteiger partial charge in [0.1, 0.15) is 5.60 Å². The minimum absolute atomic E-state index is 0.0999. The molecule has 2 aliphatic heterocycles. The van der Waals surface area contributed by atoms with Crippen LogP contribution in [0.1, 0.15) is 34.1 Å². The Hall–Kier alpha value is -1.24. The fourth-order valence-electron chi connectivity index (χ4n) is 2.85. The maximum absolute atomic E-state index is 12.0. The molecule has 0 saturated carbocycles. The molecule has 2 heterocycles. The number of carbonyl (C=O) groups is 3. The molecular formula is C16H26N2O4S. The molecule has 0 aromatic rings. The second-order valence-corrected chi connectivity index (χ2v) is 8.62. The first-order valence-corrected chi connectivity index (χ1v) is 9.01. The summed E-state index contributed by atoms with van der Waals surface area (Å²) in [5, 5.41) is 0.0999. The lowest BCUT2D eigenvalue weighted by Gasteiger charge is -2.41. The molecule has 0 aromatic carbocycles. The van der Waals surface area contributed by atoms with Crippen LogP contribution in [-0.2, 0) is 14.3 Å². The number of nitrogens with zero attached hydrogens (tertiary/aromatic N) is 2. The van der Waals surface area contributed by atoms with Crippen LogP contribution in [-0.4, -0.2) is 64.4 Å². The summed E-state index contributed by atoms with van der Waals surface area (Å²) in [5.74, 6) is 1.46. The van der Waals surface area contributed by atoms with E-state index in [1.165, 1.54) is 11.8 Å². The van der Waals surface area contributed by atoms with Gasteiger partial charge >= 0.3 is 6.09 Å². The van der Waals surface area contributed by atoms with Crippen LogP contribution in [0.2, 0.25) is 0 Å². The Morgan fingerprint density at radius 2 is 1.87 bits per heavy atom. The number of carbonyl (C=O) groups excluding carboxylic acids is 3. The van der Waals surface area contributed by atoms with Crippen molar-refractivity contribution in [2.75, 3.05) is 31.9 Å². The number of amides is 2. The number of hydrogen-bond acceptors (Lipinski definition) is 5.